The number of hydrogen-bond acceptors (Lipinski definition) is 3. The fraction of sp³-hybridized carbons (Fsp3) is 0.538. The van der Waals surface area contributed by atoms with Gasteiger partial charge in [-0.3, -0.25) is 0 Å². The van der Waals surface area contributed by atoms with Gasteiger partial charge < -0.3 is 10.8 Å². The Morgan fingerprint density at radius 2 is 1.94 bits per heavy atom. The van der Waals surface area contributed by atoms with Gasteiger partial charge in [-0.25, -0.2) is 0 Å². The van der Waals surface area contributed by atoms with E-state index in [1.807, 2.05) is 32.0 Å². The van der Waals surface area contributed by atoms with Gasteiger partial charge in [-0.1, -0.05) is 19.9 Å². The van der Waals surface area contributed by atoms with Gasteiger partial charge in [-0.15, -0.1) is 11.8 Å². The smallest absolute Gasteiger partial charge is 0.0736 e. The van der Waals surface area contributed by atoms with Crippen molar-refractivity contribution >= 4 is 17.4 Å². The molecule has 0 bridgehead atoms. The molecule has 0 unspecified atom stereocenters. The molecule has 0 fully saturated rings. The summed E-state index contributed by atoms with van der Waals surface area (Å²) in [4.78, 5) is 1.17. The summed E-state index contributed by atoms with van der Waals surface area (Å²) in [5, 5.41) is 10.2. The number of rotatable bonds is 5. The molecule has 0 saturated carbocycles. The topological polar surface area (TPSA) is 46.2 Å². The van der Waals surface area contributed by atoms with Crippen LogP contribution in [0.15, 0.2) is 23.1 Å². The van der Waals surface area contributed by atoms with Gasteiger partial charge in [-0.05, 0) is 37.5 Å². The Bertz CT molecular complexity index is 348. The van der Waals surface area contributed by atoms with E-state index in [1.165, 1.54) is 10.5 Å². The molecule has 0 aliphatic rings. The lowest BCUT2D eigenvalue weighted by atomic mass is 10.0. The molecule has 0 heterocycles. The monoisotopic (exact) mass is 239 g/mol. The van der Waals surface area contributed by atoms with Crippen molar-refractivity contribution in [3.8, 4) is 0 Å². The van der Waals surface area contributed by atoms with Crippen molar-refractivity contribution in [1.82, 2.24) is 0 Å². The van der Waals surface area contributed by atoms with Gasteiger partial charge in [0.15, 0.2) is 0 Å². The minimum absolute atomic E-state index is 0.554. The average Bonchev–Trinajstić information content (AvgIpc) is 2.30. The minimum Gasteiger partial charge on any atom is -0.399 e. The van der Waals surface area contributed by atoms with Crippen molar-refractivity contribution in [2.24, 2.45) is 0 Å². The number of nitrogens with two attached hydrogens (primary N) is 1. The fourth-order valence-corrected chi connectivity index (χ4v) is 2.79. The quantitative estimate of drug-likeness (QED) is 0.612. The number of anilines is 1. The Balaban J connectivity index is 2.70. The molecular formula is C13H21NOS. The summed E-state index contributed by atoms with van der Waals surface area (Å²) in [6.07, 6.45) is 1.58. The Morgan fingerprint density at radius 3 is 2.50 bits per heavy atom. The third kappa shape index (κ3) is 3.42. The summed E-state index contributed by atoms with van der Waals surface area (Å²) in [5.74, 6) is 0.726. The van der Waals surface area contributed by atoms with E-state index in [0.717, 1.165) is 24.3 Å². The standard InChI is InChI=1S/C13H21NOS/c1-4-13(15,5-2)9-16-12-8-11(14)7-6-10(12)3/h6-8,15H,4-5,9,14H2,1-3H3. The van der Waals surface area contributed by atoms with Crippen LogP contribution >= 0.6 is 11.8 Å². The second-order valence-electron chi connectivity index (χ2n) is 4.25. The van der Waals surface area contributed by atoms with Crippen molar-refractivity contribution in [2.75, 3.05) is 11.5 Å². The molecule has 0 aliphatic carbocycles. The summed E-state index contributed by atoms with van der Waals surface area (Å²) in [6.45, 7) is 6.12. The van der Waals surface area contributed by atoms with Gasteiger partial charge in [0.1, 0.15) is 0 Å². The van der Waals surface area contributed by atoms with Gasteiger partial charge in [0.25, 0.3) is 0 Å². The van der Waals surface area contributed by atoms with E-state index in [1.54, 1.807) is 11.8 Å². The fourth-order valence-electron chi connectivity index (χ4n) is 1.44. The predicted octanol–water partition coefficient (Wildman–Crippen LogP) is 3.22. The normalized spacial score (nSPS) is 11.8. The molecule has 3 heteroatoms. The Kier molecular flexibility index (Phi) is 4.69. The second-order valence-corrected chi connectivity index (χ2v) is 5.26. The molecule has 1 rings (SSSR count). The molecule has 1 aromatic rings. The van der Waals surface area contributed by atoms with Crippen LogP contribution in [0.25, 0.3) is 0 Å². The maximum absolute atomic E-state index is 10.2. The van der Waals surface area contributed by atoms with Crippen molar-refractivity contribution in [2.45, 2.75) is 44.1 Å². The molecule has 0 aliphatic heterocycles. The van der Waals surface area contributed by atoms with Crippen LogP contribution in [0, 0.1) is 6.92 Å². The van der Waals surface area contributed by atoms with Gasteiger partial charge in [0, 0.05) is 16.3 Å². The van der Waals surface area contributed by atoms with Crippen LogP contribution in [-0.4, -0.2) is 16.5 Å². The summed E-state index contributed by atoms with van der Waals surface area (Å²) in [7, 11) is 0. The van der Waals surface area contributed by atoms with Crippen LogP contribution in [0.3, 0.4) is 0 Å². The maximum atomic E-state index is 10.2. The van der Waals surface area contributed by atoms with Crippen LogP contribution in [-0.2, 0) is 0 Å². The zero-order chi connectivity index (χ0) is 12.2. The molecule has 0 spiro atoms. The van der Waals surface area contributed by atoms with E-state index in [0.29, 0.717) is 0 Å². The summed E-state index contributed by atoms with van der Waals surface area (Å²) >= 11 is 1.69. The highest BCUT2D eigenvalue weighted by Crippen LogP contribution is 2.30. The highest BCUT2D eigenvalue weighted by Gasteiger charge is 2.22. The zero-order valence-corrected chi connectivity index (χ0v) is 11.1. The van der Waals surface area contributed by atoms with E-state index < -0.39 is 5.60 Å². The number of benzene rings is 1. The minimum atomic E-state index is -0.554. The van der Waals surface area contributed by atoms with Gasteiger partial charge >= 0.3 is 0 Å². The van der Waals surface area contributed by atoms with Crippen LogP contribution in [0.4, 0.5) is 5.69 Å². The highest BCUT2D eigenvalue weighted by atomic mass is 32.2. The molecule has 0 saturated heterocycles. The molecule has 2 nitrogen and oxygen atoms in total. The van der Waals surface area contributed by atoms with Crippen LogP contribution in [0.5, 0.6) is 0 Å². The largest absolute Gasteiger partial charge is 0.399 e. The van der Waals surface area contributed by atoms with E-state index >= 15 is 0 Å². The van der Waals surface area contributed by atoms with Crippen molar-refractivity contribution < 1.29 is 5.11 Å². The van der Waals surface area contributed by atoms with Crippen molar-refractivity contribution in [3.63, 3.8) is 0 Å². The van der Waals surface area contributed by atoms with Crippen LogP contribution < -0.4 is 5.73 Å². The average molecular weight is 239 g/mol. The molecule has 0 aromatic heterocycles. The van der Waals surface area contributed by atoms with E-state index in [2.05, 4.69) is 6.92 Å². The first kappa shape index (κ1) is 13.4. The lowest BCUT2D eigenvalue weighted by Crippen LogP contribution is -2.29. The molecule has 0 radical (unpaired) electrons. The Morgan fingerprint density at radius 1 is 1.31 bits per heavy atom. The third-order valence-corrected chi connectivity index (χ3v) is 4.46. The molecule has 90 valence electrons. The highest BCUT2D eigenvalue weighted by molar-refractivity contribution is 7.99. The van der Waals surface area contributed by atoms with Crippen molar-refractivity contribution in [3.05, 3.63) is 23.8 Å². The van der Waals surface area contributed by atoms with E-state index in [9.17, 15) is 5.11 Å². The number of nitrogen functional groups attached to an aromatic ring is 1. The molecule has 0 atom stereocenters. The van der Waals surface area contributed by atoms with Crippen LogP contribution in [0.2, 0.25) is 0 Å². The van der Waals surface area contributed by atoms with Crippen molar-refractivity contribution in [1.29, 1.82) is 0 Å². The molecule has 3 N–H and O–H groups in total. The first-order valence-electron chi connectivity index (χ1n) is 5.72. The second kappa shape index (κ2) is 5.60. The van der Waals surface area contributed by atoms with Crippen LogP contribution in [0.1, 0.15) is 32.3 Å². The number of hydrogen-bond donors (Lipinski definition) is 2. The number of aliphatic hydroxyl groups is 1. The maximum Gasteiger partial charge on any atom is 0.0736 e. The Labute approximate surface area is 102 Å². The SMILES string of the molecule is CCC(O)(CC)CSc1cc(N)ccc1C. The predicted molar refractivity (Wildman–Crippen MR) is 71.8 cm³/mol. The lowest BCUT2D eigenvalue weighted by Gasteiger charge is -2.24. The first-order valence-corrected chi connectivity index (χ1v) is 6.70. The molecule has 16 heavy (non-hydrogen) atoms. The summed E-state index contributed by atoms with van der Waals surface area (Å²) < 4.78 is 0. The summed E-state index contributed by atoms with van der Waals surface area (Å²) in [5.41, 5.74) is 7.20. The molecule has 0 amide bonds. The summed E-state index contributed by atoms with van der Waals surface area (Å²) in [6, 6.07) is 5.91. The molecular weight excluding hydrogens is 218 g/mol. The Hall–Kier alpha value is -0.670. The van der Waals surface area contributed by atoms with E-state index in [4.69, 9.17) is 5.73 Å². The number of aryl methyl sites for hydroxylation is 1. The first-order chi connectivity index (χ1) is 7.50. The van der Waals surface area contributed by atoms with Gasteiger partial charge in [-0.2, -0.15) is 0 Å². The third-order valence-electron chi connectivity index (χ3n) is 3.02. The van der Waals surface area contributed by atoms with Gasteiger partial charge in [0.2, 0.25) is 0 Å². The number of thioether (sulfide) groups is 1. The van der Waals surface area contributed by atoms with Gasteiger partial charge in [0.05, 0.1) is 5.60 Å². The molecule has 1 aromatic carbocycles. The zero-order valence-electron chi connectivity index (χ0n) is 10.3. The van der Waals surface area contributed by atoms with E-state index in [-0.39, 0.29) is 0 Å². The lowest BCUT2D eigenvalue weighted by molar-refractivity contribution is 0.0572.